The summed E-state index contributed by atoms with van der Waals surface area (Å²) in [5.41, 5.74) is 1.36. The molecule has 0 saturated heterocycles. The third kappa shape index (κ3) is 1.80. The first-order valence-corrected chi connectivity index (χ1v) is 5.91. The summed E-state index contributed by atoms with van der Waals surface area (Å²) in [5, 5.41) is 19.2. The maximum Gasteiger partial charge on any atom is 0.213 e. The summed E-state index contributed by atoms with van der Waals surface area (Å²) in [5.74, 6) is -0.307. The second-order valence-electron chi connectivity index (χ2n) is 4.25. The van der Waals surface area contributed by atoms with E-state index in [0.717, 1.165) is 0 Å². The van der Waals surface area contributed by atoms with Crippen molar-refractivity contribution in [2.45, 2.75) is 0 Å². The minimum absolute atomic E-state index is 0.0311. The molecule has 0 amide bonds. The molecule has 5 heteroatoms. The van der Waals surface area contributed by atoms with Crippen LogP contribution in [-0.2, 0) is 0 Å². The molecule has 0 aliphatic carbocycles. The fraction of sp³-hybridized carbons (Fsp3) is 0. The summed E-state index contributed by atoms with van der Waals surface area (Å²) >= 11 is 0. The molecule has 5 nitrogen and oxygen atoms in total. The van der Waals surface area contributed by atoms with E-state index in [2.05, 4.69) is 9.97 Å². The molecule has 3 aromatic rings. The first-order chi connectivity index (χ1) is 9.70. The van der Waals surface area contributed by atoms with Crippen LogP contribution >= 0.6 is 0 Å². The number of H-pyrrole nitrogens is 1. The van der Waals surface area contributed by atoms with Crippen LogP contribution in [0.1, 0.15) is 21.7 Å². The number of phenolic OH excluding ortho intramolecular Hbond substituents is 1. The zero-order chi connectivity index (χ0) is 14.1. The van der Waals surface area contributed by atoms with E-state index in [1.807, 2.05) is 6.07 Å². The molecule has 96 valence electrons. The molecule has 20 heavy (non-hydrogen) atoms. The number of carbonyl (C=O) groups excluding carboxylic acids is 1. The number of rotatable bonds is 2. The highest BCUT2D eigenvalue weighted by atomic mass is 16.3. The number of nitrogens with one attached hydrogen (secondary N) is 1. The zero-order valence-corrected chi connectivity index (χ0v) is 10.3. The Morgan fingerprint density at radius 1 is 1.25 bits per heavy atom. The number of aromatic nitrogens is 2. The predicted molar refractivity (Wildman–Crippen MR) is 72.3 cm³/mol. The van der Waals surface area contributed by atoms with Gasteiger partial charge in [0.15, 0.2) is 0 Å². The molecule has 0 bridgehead atoms. The average Bonchev–Trinajstić information content (AvgIpc) is 2.92. The fourth-order valence-electron chi connectivity index (χ4n) is 2.11. The standard InChI is InChI=1S/C15H9N3O2/c16-7-9-3-1-5-12(18-9)15(20)10-8-17-11-4-2-6-13(19)14(10)11/h1-6,8,17,19H. The van der Waals surface area contributed by atoms with Gasteiger partial charge in [-0.05, 0) is 24.3 Å². The number of hydrogen-bond acceptors (Lipinski definition) is 4. The molecule has 2 aromatic heterocycles. The fourth-order valence-corrected chi connectivity index (χ4v) is 2.11. The Bertz CT molecular complexity index is 859. The van der Waals surface area contributed by atoms with Crippen LogP contribution in [0.25, 0.3) is 10.9 Å². The molecule has 0 aliphatic rings. The number of ketones is 1. The molecule has 2 N–H and O–H groups in total. The summed E-state index contributed by atoms with van der Waals surface area (Å²) in [7, 11) is 0. The number of nitriles is 1. The number of phenols is 1. The molecule has 0 aliphatic heterocycles. The molecule has 1 aromatic carbocycles. The molecule has 0 fully saturated rings. The van der Waals surface area contributed by atoms with Gasteiger partial charge in [0.1, 0.15) is 23.2 Å². The van der Waals surface area contributed by atoms with E-state index in [9.17, 15) is 9.90 Å². The number of hydrogen-bond donors (Lipinski definition) is 2. The number of nitrogens with zero attached hydrogens (tertiary/aromatic N) is 2. The van der Waals surface area contributed by atoms with E-state index >= 15 is 0 Å². The molecule has 0 unspecified atom stereocenters. The Balaban J connectivity index is 2.16. The lowest BCUT2D eigenvalue weighted by molar-refractivity contribution is 0.103. The van der Waals surface area contributed by atoms with Gasteiger partial charge in [-0.3, -0.25) is 4.79 Å². The monoisotopic (exact) mass is 263 g/mol. The summed E-state index contributed by atoms with van der Waals surface area (Å²) in [6, 6.07) is 11.6. The van der Waals surface area contributed by atoms with Crippen LogP contribution in [0.15, 0.2) is 42.6 Å². The Hall–Kier alpha value is -3.13. The lowest BCUT2D eigenvalue weighted by Crippen LogP contribution is -2.04. The third-order valence-electron chi connectivity index (χ3n) is 3.02. The van der Waals surface area contributed by atoms with Crippen molar-refractivity contribution in [3.63, 3.8) is 0 Å². The summed E-state index contributed by atoms with van der Waals surface area (Å²) in [4.78, 5) is 19.4. The van der Waals surface area contributed by atoms with E-state index < -0.39 is 0 Å². The summed E-state index contributed by atoms with van der Waals surface area (Å²) < 4.78 is 0. The molecule has 0 atom stereocenters. The highest BCUT2D eigenvalue weighted by molar-refractivity contribution is 6.16. The number of pyridine rings is 1. The van der Waals surface area contributed by atoms with Crippen molar-refractivity contribution in [2.75, 3.05) is 0 Å². The van der Waals surface area contributed by atoms with Gasteiger partial charge in [0, 0.05) is 11.7 Å². The van der Waals surface area contributed by atoms with Crippen LogP contribution in [0.5, 0.6) is 5.75 Å². The van der Waals surface area contributed by atoms with E-state index in [1.165, 1.54) is 18.3 Å². The van der Waals surface area contributed by atoms with E-state index in [-0.39, 0.29) is 22.9 Å². The Morgan fingerprint density at radius 2 is 2.05 bits per heavy atom. The largest absolute Gasteiger partial charge is 0.507 e. The molecule has 0 saturated carbocycles. The van der Waals surface area contributed by atoms with Gasteiger partial charge >= 0.3 is 0 Å². The maximum absolute atomic E-state index is 12.4. The van der Waals surface area contributed by atoms with Crippen LogP contribution in [0.2, 0.25) is 0 Å². The van der Waals surface area contributed by atoms with Crippen LogP contribution in [0.3, 0.4) is 0 Å². The van der Waals surface area contributed by atoms with Crippen LogP contribution in [0, 0.1) is 11.3 Å². The maximum atomic E-state index is 12.4. The lowest BCUT2D eigenvalue weighted by atomic mass is 10.1. The molecule has 0 radical (unpaired) electrons. The Morgan fingerprint density at radius 3 is 2.85 bits per heavy atom. The van der Waals surface area contributed by atoms with Crippen molar-refractivity contribution >= 4 is 16.7 Å². The second kappa shape index (κ2) is 4.52. The predicted octanol–water partition coefficient (Wildman–Crippen LogP) is 2.37. The van der Waals surface area contributed by atoms with Crippen molar-refractivity contribution in [2.24, 2.45) is 0 Å². The number of fused-ring (bicyclic) bond motifs is 1. The molecule has 0 spiro atoms. The van der Waals surface area contributed by atoms with E-state index in [0.29, 0.717) is 16.5 Å². The third-order valence-corrected chi connectivity index (χ3v) is 3.02. The van der Waals surface area contributed by atoms with Crippen LogP contribution in [-0.4, -0.2) is 20.9 Å². The topological polar surface area (TPSA) is 89.8 Å². The van der Waals surface area contributed by atoms with Gasteiger partial charge in [-0.2, -0.15) is 5.26 Å². The highest BCUT2D eigenvalue weighted by Gasteiger charge is 2.17. The van der Waals surface area contributed by atoms with Gasteiger partial charge in [-0.25, -0.2) is 4.98 Å². The van der Waals surface area contributed by atoms with Gasteiger partial charge in [-0.15, -0.1) is 0 Å². The van der Waals surface area contributed by atoms with Crippen molar-refractivity contribution in [3.05, 3.63) is 59.5 Å². The van der Waals surface area contributed by atoms with Crippen molar-refractivity contribution in [1.82, 2.24) is 9.97 Å². The minimum Gasteiger partial charge on any atom is -0.507 e. The number of aromatic hydroxyl groups is 1. The zero-order valence-electron chi connectivity index (χ0n) is 10.3. The lowest BCUT2D eigenvalue weighted by Gasteiger charge is -2.01. The van der Waals surface area contributed by atoms with Crippen molar-refractivity contribution in [1.29, 1.82) is 5.26 Å². The normalized spacial score (nSPS) is 10.3. The van der Waals surface area contributed by atoms with Gasteiger partial charge in [0.05, 0.1) is 10.9 Å². The molecular formula is C15H9N3O2. The average molecular weight is 263 g/mol. The number of carbonyl (C=O) groups is 1. The SMILES string of the molecule is N#Cc1cccc(C(=O)c2c[nH]c3cccc(O)c23)n1. The summed E-state index contributed by atoms with van der Waals surface area (Å²) in [6.45, 7) is 0. The quantitative estimate of drug-likeness (QED) is 0.694. The highest BCUT2D eigenvalue weighted by Crippen LogP contribution is 2.28. The smallest absolute Gasteiger partial charge is 0.213 e. The van der Waals surface area contributed by atoms with Crippen LogP contribution in [0.4, 0.5) is 0 Å². The van der Waals surface area contributed by atoms with Crippen LogP contribution < -0.4 is 0 Å². The number of aromatic amines is 1. The molecule has 3 rings (SSSR count). The molecular weight excluding hydrogens is 254 g/mol. The Labute approximate surface area is 114 Å². The first-order valence-electron chi connectivity index (χ1n) is 5.91. The minimum atomic E-state index is -0.338. The number of benzene rings is 1. The van der Waals surface area contributed by atoms with Gasteiger partial charge < -0.3 is 10.1 Å². The molecule has 2 heterocycles. The van der Waals surface area contributed by atoms with Crippen molar-refractivity contribution in [3.8, 4) is 11.8 Å². The first kappa shape index (κ1) is 11.9. The van der Waals surface area contributed by atoms with E-state index in [1.54, 1.807) is 24.3 Å². The van der Waals surface area contributed by atoms with Gasteiger partial charge in [0.25, 0.3) is 0 Å². The Kier molecular flexibility index (Phi) is 2.70. The summed E-state index contributed by atoms with van der Waals surface area (Å²) in [6.07, 6.45) is 1.54. The second-order valence-corrected chi connectivity index (χ2v) is 4.25. The van der Waals surface area contributed by atoms with Crippen molar-refractivity contribution < 1.29 is 9.90 Å². The van der Waals surface area contributed by atoms with Gasteiger partial charge in [0.2, 0.25) is 5.78 Å². The van der Waals surface area contributed by atoms with Gasteiger partial charge in [-0.1, -0.05) is 12.1 Å². The van der Waals surface area contributed by atoms with E-state index in [4.69, 9.17) is 5.26 Å².